The van der Waals surface area contributed by atoms with E-state index in [1.165, 1.54) is 80.9 Å². The molecule has 0 radical (unpaired) electrons. The maximum absolute atomic E-state index is 11.8. The highest BCUT2D eigenvalue weighted by atomic mass is 35.5. The zero-order chi connectivity index (χ0) is 95.8. The lowest BCUT2D eigenvalue weighted by Crippen LogP contribution is -2.28. The topological polar surface area (TPSA) is 436 Å². The van der Waals surface area contributed by atoms with E-state index in [4.69, 9.17) is 99.7 Å². The first-order valence-corrected chi connectivity index (χ1v) is 62.6. The molecule has 702 valence electrons. The fraction of sp³-hybridized carbons (Fsp3) is 0.537. The number of carbonyl (C=O) groups excluding carboxylic acids is 4. The Labute approximate surface area is 766 Å². The molecule has 9 aromatic heterocycles. The van der Waals surface area contributed by atoms with Gasteiger partial charge in [0.2, 0.25) is 33.5 Å². The molecule has 9 heterocycles. The fourth-order valence-electron chi connectivity index (χ4n) is 9.88. The molecule has 9 rings (SSSR count). The second-order valence-corrected chi connectivity index (χ2v) is 67.4. The lowest BCUT2D eigenvalue weighted by Gasteiger charge is -2.18. The number of H-pyrrole nitrogens is 2. The number of carboxylic acid groups (broad SMARTS) is 1. The van der Waals surface area contributed by atoms with Crippen molar-refractivity contribution in [3.05, 3.63) is 157 Å². The number of aromatic nitrogens is 15. The average molecular weight is 1940 g/mol. The number of pyridine rings is 3. The summed E-state index contributed by atoms with van der Waals surface area (Å²) in [7, 11) is -6.77. The minimum atomic E-state index is -3.60. The Bertz CT molecular complexity index is 4960. The first-order valence-electron chi connectivity index (χ1n) is 41.0. The van der Waals surface area contributed by atoms with Crippen LogP contribution in [0.4, 0.5) is 9.59 Å². The van der Waals surface area contributed by atoms with Crippen LogP contribution >= 0.6 is 46.4 Å². The third-order valence-corrected chi connectivity index (χ3v) is 27.1. The molecule has 0 aromatic carbocycles. The molecule has 0 amide bonds. The lowest BCUT2D eigenvalue weighted by molar-refractivity contribution is 0.0502. The Morgan fingerprint density at radius 2 is 0.905 bits per heavy atom. The SMILES string of the molecule is CC(C)(C)OC(=O)n1ccc(=O)[nH]1.CC(C)(C)OC(=O)n1ccc(OCCC[Si](C)(C)C)n1.CCOC(=O)c1ccc(-n2ccc(OCCC[Si](C)(C)C)n2)nc1Cl.CCOC(=O)c1ccc(Cl)nc1Cl.C[Si](C)(C)CCCO.C[Si](C)(C)CCCOc1ccn(-c2ccc(C(=O)O)c(Cl)n2)n1.C[Si](C)(C)CCCOc1ccn[nH]1.Cc1nn(C)cc1S(N)(=O)=O. The molecule has 34 nitrogen and oxygen atoms in total. The van der Waals surface area contributed by atoms with Crippen LogP contribution in [0.3, 0.4) is 0 Å². The number of carboxylic acids is 1. The zero-order valence-corrected chi connectivity index (χ0v) is 86.4. The van der Waals surface area contributed by atoms with E-state index in [9.17, 15) is 37.2 Å². The molecule has 0 spiro atoms. The second kappa shape index (κ2) is 53.8. The number of esters is 2. The Hall–Kier alpha value is -8.83. The molecule has 0 bridgehead atoms. The maximum Gasteiger partial charge on any atom is 0.435 e. The summed E-state index contributed by atoms with van der Waals surface area (Å²) in [5, 5.41) is 48.0. The molecule has 0 saturated heterocycles. The number of hydrogen-bond donors (Lipinski definition) is 5. The van der Waals surface area contributed by atoms with Crippen LogP contribution < -0.4 is 29.6 Å². The van der Waals surface area contributed by atoms with Gasteiger partial charge in [-0.2, -0.15) is 19.6 Å². The minimum absolute atomic E-state index is 0.0367. The van der Waals surface area contributed by atoms with Gasteiger partial charge in [-0.1, -0.05) is 175 Å². The fourth-order valence-corrected chi connectivity index (χ4v) is 17.6. The van der Waals surface area contributed by atoms with Gasteiger partial charge in [-0.3, -0.25) is 14.6 Å². The van der Waals surface area contributed by atoms with E-state index < -0.39 is 91.7 Å². The molecular weight excluding hydrogens is 1810 g/mol. The van der Waals surface area contributed by atoms with E-state index in [1.807, 2.05) is 26.8 Å². The number of aromatic carboxylic acids is 1. The van der Waals surface area contributed by atoms with Crippen LogP contribution in [0.5, 0.6) is 23.5 Å². The normalized spacial score (nSPS) is 11.5. The number of ether oxygens (including phenoxy) is 8. The highest BCUT2D eigenvalue weighted by molar-refractivity contribution is 7.89. The first-order chi connectivity index (χ1) is 58.2. The number of aliphatic hydroxyl groups is 1. The number of aliphatic hydroxyl groups excluding tert-OH is 1. The van der Waals surface area contributed by atoms with Gasteiger partial charge in [0, 0.05) is 115 Å². The van der Waals surface area contributed by atoms with Gasteiger partial charge in [0.05, 0.1) is 68.2 Å². The number of carbonyl (C=O) groups is 5. The van der Waals surface area contributed by atoms with E-state index in [2.05, 4.69) is 149 Å². The molecule has 0 aliphatic heterocycles. The summed E-state index contributed by atoms with van der Waals surface area (Å²) in [5.74, 6) is 1.16. The molecule has 0 unspecified atom stereocenters. The van der Waals surface area contributed by atoms with Crippen molar-refractivity contribution in [2.24, 2.45) is 12.2 Å². The van der Waals surface area contributed by atoms with Crippen molar-refractivity contribution in [2.75, 3.05) is 46.2 Å². The van der Waals surface area contributed by atoms with Crippen molar-refractivity contribution in [3.63, 3.8) is 0 Å². The third-order valence-electron chi connectivity index (χ3n) is 15.8. The van der Waals surface area contributed by atoms with Crippen LogP contribution in [-0.2, 0) is 36.0 Å². The predicted molar refractivity (Wildman–Crippen MR) is 507 cm³/mol. The number of aryl methyl sites for hydroxylation is 2. The largest absolute Gasteiger partial charge is 0.478 e. The smallest absolute Gasteiger partial charge is 0.435 e. The Morgan fingerprint density at radius 1 is 0.508 bits per heavy atom. The summed E-state index contributed by atoms with van der Waals surface area (Å²) in [6.07, 6.45) is 13.5. The number of halogens is 4. The van der Waals surface area contributed by atoms with Crippen LogP contribution in [-0.4, -0.2) is 221 Å². The molecule has 0 fully saturated rings. The molecule has 0 saturated carbocycles. The summed E-state index contributed by atoms with van der Waals surface area (Å²) in [4.78, 5) is 79.6. The van der Waals surface area contributed by atoms with Crippen molar-refractivity contribution >= 4 is 127 Å². The number of hydrogen-bond acceptors (Lipinski definition) is 25. The molecule has 0 atom stereocenters. The van der Waals surface area contributed by atoms with Crippen molar-refractivity contribution < 1.29 is 80.5 Å². The Balaban J connectivity index is 0.000000499. The molecule has 44 heteroatoms. The van der Waals surface area contributed by atoms with Gasteiger partial charge in [0.1, 0.15) is 36.7 Å². The van der Waals surface area contributed by atoms with Crippen LogP contribution in [0.25, 0.3) is 11.6 Å². The number of nitrogens with zero attached hydrogens (tertiary/aromatic N) is 13. The summed E-state index contributed by atoms with van der Waals surface area (Å²) >= 11 is 23.2. The highest BCUT2D eigenvalue weighted by Crippen LogP contribution is 2.24. The quantitative estimate of drug-likeness (QED) is 0.00885. The average Bonchev–Trinajstić information content (AvgIpc) is 1.55. The zero-order valence-electron chi connectivity index (χ0n) is 77.6. The number of primary sulfonamides is 1. The number of sulfonamides is 1. The van der Waals surface area contributed by atoms with Crippen LogP contribution in [0.15, 0.2) is 114 Å². The van der Waals surface area contributed by atoms with Gasteiger partial charge in [-0.15, -0.1) is 15.3 Å². The highest BCUT2D eigenvalue weighted by Gasteiger charge is 2.24. The summed E-state index contributed by atoms with van der Waals surface area (Å²) in [6.45, 7) is 54.6. The molecular formula is C82H132Cl4N16O18SSi5. The molecule has 0 aliphatic rings. The van der Waals surface area contributed by atoms with E-state index in [1.54, 1.807) is 114 Å². The van der Waals surface area contributed by atoms with E-state index in [-0.39, 0.29) is 54.4 Å². The second-order valence-electron chi connectivity index (χ2n) is 36.3. The van der Waals surface area contributed by atoms with Gasteiger partial charge in [-0.25, -0.2) is 66.9 Å². The van der Waals surface area contributed by atoms with Crippen LogP contribution in [0.2, 0.25) is 149 Å². The van der Waals surface area contributed by atoms with Crippen LogP contribution in [0.1, 0.15) is 124 Å². The summed E-state index contributed by atoms with van der Waals surface area (Å²) < 4.78 is 70.4. The van der Waals surface area contributed by atoms with Crippen LogP contribution in [0, 0.1) is 6.92 Å². The lowest BCUT2D eigenvalue weighted by atomic mass is 10.2. The number of rotatable bonds is 31. The van der Waals surface area contributed by atoms with E-state index in [0.717, 1.165) is 49.3 Å². The molecule has 6 N–H and O–H groups in total. The van der Waals surface area contributed by atoms with Gasteiger partial charge in [-0.05, 0) is 131 Å². The minimum Gasteiger partial charge on any atom is -0.478 e. The van der Waals surface area contributed by atoms with Gasteiger partial charge in [0.25, 0.3) is 5.56 Å². The summed E-state index contributed by atoms with van der Waals surface area (Å²) in [5.41, 5.74) is -0.555. The monoisotopic (exact) mass is 1940 g/mol. The van der Waals surface area contributed by atoms with E-state index in [0.29, 0.717) is 68.0 Å². The number of nitrogens with two attached hydrogens (primary N) is 1. The number of aromatic amines is 2. The predicted octanol–water partition coefficient (Wildman–Crippen LogP) is 18.8. The number of nitrogens with one attached hydrogen (secondary N) is 2. The molecule has 9 aromatic rings. The molecule has 0 aliphatic carbocycles. The van der Waals surface area contributed by atoms with Crippen molar-refractivity contribution in [1.29, 1.82) is 0 Å². The van der Waals surface area contributed by atoms with Crippen molar-refractivity contribution in [2.45, 2.75) is 239 Å². The standard InChI is InChI=1S/C17H24ClN3O3Si.C15H20ClN3O3Si.C14H26N2O3Si.C9H18N2OSi.C8H7Cl2NO2.C8H12N2O3.C6H16OSi.C5H9N3O2S/c1-5-23-17(22)13-7-8-14(19-16(13)18)21-10-9-15(20-21)24-11-6-12-25(2,3)4;1-23(2,3)10-4-9-22-13-7-8-19(18-13)12-6-5-11(15(20)21)14(16)17-12;1-14(2,3)19-13(17)16-9-8-12(15-16)18-10-7-11-20(4,5)6;1-13(2,3)8-4-7-12-9-5-6-10-11-9;1-2-13-8(12)5-3-4-6(9)11-7(5)10;1-8(2,3)13-7(12)10-5-4-6(11)9-10;1-8(2,3)6-4-5-7;1-4-5(11(6,9)10)3-8(2)7-4/h7-10H,5-6,11-12H2,1-4H3;5-8H,4,9-10H2,1-3H3,(H,20,21);8-9H,7,10-11H2,1-6H3;5-6H,4,7-8H2,1-3H3,(H,10,11);3-4H,2H2,1H3;4-5H,1-3H3,(H,9,11);7H,4-6H2,1-3H3;3H,1-2H3,(H2,6,9,10). The van der Waals surface area contributed by atoms with Gasteiger partial charge < -0.3 is 48.1 Å². The first kappa shape index (κ1) is 113. The van der Waals surface area contributed by atoms with Crippen molar-refractivity contribution in [3.8, 4) is 35.2 Å². The Morgan fingerprint density at radius 3 is 1.24 bits per heavy atom. The van der Waals surface area contributed by atoms with E-state index >= 15 is 0 Å². The summed E-state index contributed by atoms with van der Waals surface area (Å²) in [6, 6.07) is 23.7. The molecule has 126 heavy (non-hydrogen) atoms. The third kappa shape index (κ3) is 50.6. The van der Waals surface area contributed by atoms with Gasteiger partial charge >= 0.3 is 30.1 Å². The van der Waals surface area contributed by atoms with Crippen molar-refractivity contribution in [1.82, 2.24) is 74.1 Å². The Kier molecular flexibility index (Phi) is 48.4. The maximum atomic E-state index is 11.8. The van der Waals surface area contributed by atoms with Gasteiger partial charge in [0.15, 0.2) is 11.6 Å².